The van der Waals surface area contributed by atoms with E-state index in [2.05, 4.69) is 43.6 Å². The third-order valence-corrected chi connectivity index (χ3v) is 1.91. The molecule has 0 fully saturated rings. The summed E-state index contributed by atoms with van der Waals surface area (Å²) in [6.07, 6.45) is 2.07. The van der Waals surface area contributed by atoms with Gasteiger partial charge in [0.25, 0.3) is 5.82 Å². The van der Waals surface area contributed by atoms with Crippen molar-refractivity contribution in [2.45, 2.75) is 26.7 Å². The molecule has 1 aromatic heterocycles. The predicted octanol–water partition coefficient (Wildman–Crippen LogP) is 1.27. The number of aryl methyl sites for hydroxylation is 1. The number of nitrogens with one attached hydrogen (secondary N) is 1. The molecule has 0 amide bonds. The van der Waals surface area contributed by atoms with Crippen LogP contribution in [0.1, 0.15) is 31.3 Å². The van der Waals surface area contributed by atoms with Crippen LogP contribution in [0, 0.1) is 6.92 Å². The predicted molar refractivity (Wildman–Crippen MR) is 40.8 cm³/mol. The van der Waals surface area contributed by atoms with E-state index in [0.29, 0.717) is 5.92 Å². The molecule has 0 saturated carbocycles. The SMILES string of the molecule is Cc1[nH]cc(C(C)C)[n+]1C. The standard InChI is InChI=1S/C8H14N2/c1-6(2)8-5-9-7(3)10(8)4/h5-6H,1-4H3/p+1. The molecule has 0 bridgehead atoms. The van der Waals surface area contributed by atoms with Crippen molar-refractivity contribution in [1.82, 2.24) is 4.98 Å². The summed E-state index contributed by atoms with van der Waals surface area (Å²) in [5, 5.41) is 0. The zero-order valence-corrected chi connectivity index (χ0v) is 7.10. The maximum Gasteiger partial charge on any atom is 0.251 e. The highest BCUT2D eigenvalue weighted by molar-refractivity contribution is 4.95. The maximum atomic E-state index is 3.18. The van der Waals surface area contributed by atoms with Crippen molar-refractivity contribution in [3.63, 3.8) is 0 Å². The lowest BCUT2D eigenvalue weighted by Crippen LogP contribution is -2.34. The van der Waals surface area contributed by atoms with Gasteiger partial charge >= 0.3 is 0 Å². The first-order valence-corrected chi connectivity index (χ1v) is 3.67. The van der Waals surface area contributed by atoms with Crippen LogP contribution in [0.4, 0.5) is 0 Å². The van der Waals surface area contributed by atoms with Crippen molar-refractivity contribution >= 4 is 0 Å². The smallest absolute Gasteiger partial charge is 0.248 e. The molecule has 1 N–H and O–H groups in total. The van der Waals surface area contributed by atoms with Crippen LogP contribution in [-0.2, 0) is 7.05 Å². The van der Waals surface area contributed by atoms with Gasteiger partial charge in [0.2, 0.25) is 0 Å². The quantitative estimate of drug-likeness (QED) is 0.565. The van der Waals surface area contributed by atoms with Gasteiger partial charge in [0, 0.05) is 12.8 Å². The number of aromatic amines is 1. The molecule has 0 unspecified atom stereocenters. The van der Waals surface area contributed by atoms with Crippen LogP contribution in [-0.4, -0.2) is 4.98 Å². The zero-order valence-electron chi connectivity index (χ0n) is 7.10. The van der Waals surface area contributed by atoms with Crippen molar-refractivity contribution in [2.75, 3.05) is 0 Å². The van der Waals surface area contributed by atoms with Crippen LogP contribution >= 0.6 is 0 Å². The Morgan fingerprint density at radius 2 is 2.10 bits per heavy atom. The van der Waals surface area contributed by atoms with Crippen molar-refractivity contribution in [3.8, 4) is 0 Å². The van der Waals surface area contributed by atoms with E-state index in [1.54, 1.807) is 0 Å². The number of nitrogens with zero attached hydrogens (tertiary/aromatic N) is 1. The Kier molecular flexibility index (Phi) is 1.79. The topological polar surface area (TPSA) is 19.7 Å². The van der Waals surface area contributed by atoms with Crippen LogP contribution in [0.15, 0.2) is 6.20 Å². The molecule has 0 aliphatic rings. The fraction of sp³-hybridized carbons (Fsp3) is 0.625. The molecular formula is C8H15N2+. The Morgan fingerprint density at radius 3 is 2.30 bits per heavy atom. The van der Waals surface area contributed by atoms with E-state index < -0.39 is 0 Å². The van der Waals surface area contributed by atoms with Gasteiger partial charge in [-0.25, -0.2) is 9.55 Å². The molecule has 0 aliphatic heterocycles. The fourth-order valence-electron chi connectivity index (χ4n) is 1.12. The lowest BCUT2D eigenvalue weighted by Gasteiger charge is -1.98. The summed E-state index contributed by atoms with van der Waals surface area (Å²) in [5.41, 5.74) is 1.36. The van der Waals surface area contributed by atoms with Gasteiger partial charge in [-0.2, -0.15) is 0 Å². The molecular weight excluding hydrogens is 124 g/mol. The van der Waals surface area contributed by atoms with Gasteiger partial charge in [0.15, 0.2) is 0 Å². The third-order valence-electron chi connectivity index (χ3n) is 1.91. The van der Waals surface area contributed by atoms with Gasteiger partial charge in [0.1, 0.15) is 11.9 Å². The molecule has 0 aromatic carbocycles. The molecule has 0 radical (unpaired) electrons. The number of hydrogen-bond donors (Lipinski definition) is 1. The minimum atomic E-state index is 0.606. The van der Waals surface area contributed by atoms with Crippen molar-refractivity contribution in [2.24, 2.45) is 7.05 Å². The third kappa shape index (κ3) is 1.06. The van der Waals surface area contributed by atoms with Gasteiger partial charge in [0.05, 0.1) is 7.05 Å². The second kappa shape index (κ2) is 2.45. The number of H-pyrrole nitrogens is 1. The molecule has 2 heteroatoms. The van der Waals surface area contributed by atoms with Crippen LogP contribution in [0.5, 0.6) is 0 Å². The molecule has 0 atom stereocenters. The second-order valence-corrected chi connectivity index (χ2v) is 3.01. The van der Waals surface area contributed by atoms with E-state index in [4.69, 9.17) is 0 Å². The summed E-state index contributed by atoms with van der Waals surface area (Å²) in [7, 11) is 2.08. The average Bonchev–Trinajstić information content (AvgIpc) is 2.14. The summed E-state index contributed by atoms with van der Waals surface area (Å²) in [6, 6.07) is 0. The van der Waals surface area contributed by atoms with Crippen molar-refractivity contribution in [3.05, 3.63) is 17.7 Å². The lowest BCUT2D eigenvalue weighted by atomic mass is 10.1. The Bertz CT molecular complexity index is 223. The first-order valence-electron chi connectivity index (χ1n) is 3.67. The van der Waals surface area contributed by atoms with Crippen molar-refractivity contribution < 1.29 is 4.57 Å². The number of rotatable bonds is 1. The summed E-state index contributed by atoms with van der Waals surface area (Å²) < 4.78 is 2.19. The highest BCUT2D eigenvalue weighted by Gasteiger charge is 2.12. The van der Waals surface area contributed by atoms with E-state index in [0.717, 1.165) is 0 Å². The van der Waals surface area contributed by atoms with E-state index in [1.165, 1.54) is 11.5 Å². The minimum Gasteiger partial charge on any atom is -0.248 e. The number of imidazole rings is 1. The molecule has 1 aromatic rings. The zero-order chi connectivity index (χ0) is 7.72. The summed E-state index contributed by atoms with van der Waals surface area (Å²) >= 11 is 0. The maximum absolute atomic E-state index is 3.18. The molecule has 1 rings (SSSR count). The van der Waals surface area contributed by atoms with Crippen LogP contribution in [0.3, 0.4) is 0 Å². The van der Waals surface area contributed by atoms with Crippen LogP contribution in [0.2, 0.25) is 0 Å². The summed E-state index contributed by atoms with van der Waals surface area (Å²) in [4.78, 5) is 3.18. The van der Waals surface area contributed by atoms with Crippen LogP contribution < -0.4 is 4.57 Å². The normalized spacial score (nSPS) is 10.9. The first-order chi connectivity index (χ1) is 4.63. The van der Waals surface area contributed by atoms with Crippen molar-refractivity contribution in [1.29, 1.82) is 0 Å². The molecule has 1 heterocycles. The molecule has 10 heavy (non-hydrogen) atoms. The molecule has 0 saturated heterocycles. The van der Waals surface area contributed by atoms with Crippen LogP contribution in [0.25, 0.3) is 0 Å². The monoisotopic (exact) mass is 139 g/mol. The molecule has 0 aliphatic carbocycles. The summed E-state index contributed by atoms with van der Waals surface area (Å²) in [6.45, 7) is 6.47. The highest BCUT2D eigenvalue weighted by atomic mass is 15.1. The Labute approximate surface area is 61.9 Å². The Balaban J connectivity index is 3.05. The second-order valence-electron chi connectivity index (χ2n) is 3.01. The molecule has 56 valence electrons. The summed E-state index contributed by atoms with van der Waals surface area (Å²) in [5.74, 6) is 1.82. The van der Waals surface area contributed by atoms with Gasteiger partial charge in [-0.15, -0.1) is 0 Å². The van der Waals surface area contributed by atoms with E-state index in [9.17, 15) is 0 Å². The fourth-order valence-corrected chi connectivity index (χ4v) is 1.12. The van der Waals surface area contributed by atoms with E-state index in [-0.39, 0.29) is 0 Å². The molecule has 2 nitrogen and oxygen atoms in total. The number of aromatic nitrogens is 2. The van der Waals surface area contributed by atoms with E-state index >= 15 is 0 Å². The Morgan fingerprint density at radius 1 is 1.50 bits per heavy atom. The highest BCUT2D eigenvalue weighted by Crippen LogP contribution is 2.07. The number of hydrogen-bond acceptors (Lipinski definition) is 0. The largest absolute Gasteiger partial charge is 0.251 e. The molecule has 0 spiro atoms. The van der Waals surface area contributed by atoms with Gasteiger partial charge in [-0.05, 0) is 0 Å². The van der Waals surface area contributed by atoms with Gasteiger partial charge in [-0.3, -0.25) is 0 Å². The minimum absolute atomic E-state index is 0.606. The van der Waals surface area contributed by atoms with Gasteiger partial charge in [-0.1, -0.05) is 13.8 Å². The Hall–Kier alpha value is -0.790. The van der Waals surface area contributed by atoms with E-state index in [1.807, 2.05) is 0 Å². The average molecular weight is 139 g/mol. The van der Waals surface area contributed by atoms with Gasteiger partial charge < -0.3 is 0 Å². The first kappa shape index (κ1) is 7.32. The lowest BCUT2D eigenvalue weighted by molar-refractivity contribution is -0.684.